The van der Waals surface area contributed by atoms with Crippen LogP contribution in [0.5, 0.6) is 0 Å². The van der Waals surface area contributed by atoms with E-state index in [1.807, 2.05) is 14.1 Å². The highest BCUT2D eigenvalue weighted by atomic mass is 16.2. The smallest absolute Gasteiger partial charge is 0.317 e. The van der Waals surface area contributed by atoms with Gasteiger partial charge in [0, 0.05) is 26.1 Å². The Morgan fingerprint density at radius 3 is 2.62 bits per heavy atom. The molecule has 0 spiro atoms. The molecule has 1 N–H and O–H groups in total. The molecule has 1 aromatic heterocycles. The molecular formula is C18H31N5O. The summed E-state index contributed by atoms with van der Waals surface area (Å²) in [5.41, 5.74) is 0. The molecule has 2 unspecified atom stereocenters. The highest BCUT2D eigenvalue weighted by molar-refractivity contribution is 5.74. The van der Waals surface area contributed by atoms with Crippen molar-refractivity contribution in [3.8, 4) is 0 Å². The van der Waals surface area contributed by atoms with Gasteiger partial charge in [0.2, 0.25) is 0 Å². The third-order valence-corrected chi connectivity index (χ3v) is 5.65. The molecule has 2 atom stereocenters. The lowest BCUT2D eigenvalue weighted by atomic mass is 9.78. The summed E-state index contributed by atoms with van der Waals surface area (Å²) in [4.78, 5) is 14.3. The van der Waals surface area contributed by atoms with Crippen LogP contribution in [0.1, 0.15) is 69.9 Å². The molecule has 1 aromatic rings. The van der Waals surface area contributed by atoms with Crippen molar-refractivity contribution >= 4 is 6.03 Å². The Morgan fingerprint density at radius 1 is 1.25 bits per heavy atom. The quantitative estimate of drug-likeness (QED) is 0.901. The van der Waals surface area contributed by atoms with Gasteiger partial charge in [-0.2, -0.15) is 0 Å². The standard InChI is InChI=1S/C18H31N5O/c1-12(2)14-7-5-6-8-15(14)19-18(24)22(3)11-16-20-21-17(23(16)4)13-9-10-13/h12-15H,5-11H2,1-4H3,(H,19,24). The van der Waals surface area contributed by atoms with Gasteiger partial charge < -0.3 is 14.8 Å². The van der Waals surface area contributed by atoms with Gasteiger partial charge in [0.1, 0.15) is 5.82 Å². The molecule has 2 aliphatic carbocycles. The summed E-state index contributed by atoms with van der Waals surface area (Å²) in [7, 11) is 3.85. The molecule has 3 rings (SSSR count). The van der Waals surface area contributed by atoms with Crippen LogP contribution in [0.2, 0.25) is 0 Å². The van der Waals surface area contributed by atoms with Crippen molar-refractivity contribution in [3.05, 3.63) is 11.6 Å². The van der Waals surface area contributed by atoms with Gasteiger partial charge in [-0.25, -0.2) is 4.79 Å². The predicted molar refractivity (Wildman–Crippen MR) is 93.6 cm³/mol. The Morgan fingerprint density at radius 2 is 1.96 bits per heavy atom. The van der Waals surface area contributed by atoms with Crippen LogP contribution in [-0.4, -0.2) is 38.8 Å². The number of urea groups is 1. The monoisotopic (exact) mass is 333 g/mol. The van der Waals surface area contributed by atoms with Crippen molar-refractivity contribution in [1.29, 1.82) is 0 Å². The van der Waals surface area contributed by atoms with Crippen molar-refractivity contribution in [1.82, 2.24) is 25.0 Å². The Bertz CT molecular complexity index is 578. The number of hydrogen-bond acceptors (Lipinski definition) is 3. The molecule has 2 amide bonds. The third-order valence-electron chi connectivity index (χ3n) is 5.65. The van der Waals surface area contributed by atoms with Gasteiger partial charge in [-0.3, -0.25) is 0 Å². The van der Waals surface area contributed by atoms with E-state index in [2.05, 4.69) is 33.9 Å². The number of hydrogen-bond donors (Lipinski definition) is 1. The zero-order valence-electron chi connectivity index (χ0n) is 15.5. The molecule has 0 radical (unpaired) electrons. The van der Waals surface area contributed by atoms with Crippen LogP contribution in [0.25, 0.3) is 0 Å². The van der Waals surface area contributed by atoms with Crippen LogP contribution < -0.4 is 5.32 Å². The van der Waals surface area contributed by atoms with Crippen LogP contribution in [0.3, 0.4) is 0 Å². The highest BCUT2D eigenvalue weighted by Crippen LogP contribution is 2.38. The number of nitrogens with zero attached hydrogens (tertiary/aromatic N) is 4. The molecule has 2 saturated carbocycles. The van der Waals surface area contributed by atoms with Crippen LogP contribution in [0.15, 0.2) is 0 Å². The molecule has 6 nitrogen and oxygen atoms in total. The average molecular weight is 333 g/mol. The lowest BCUT2D eigenvalue weighted by molar-refractivity contribution is 0.172. The summed E-state index contributed by atoms with van der Waals surface area (Å²) in [5, 5.41) is 11.8. The molecule has 0 aliphatic heterocycles. The second kappa shape index (κ2) is 7.11. The molecule has 0 saturated heterocycles. The SMILES string of the molecule is CC(C)C1CCCCC1NC(=O)N(C)Cc1nnc(C2CC2)n1C. The molecule has 2 aliphatic rings. The first-order valence-corrected chi connectivity index (χ1v) is 9.37. The van der Waals surface area contributed by atoms with Crippen LogP contribution >= 0.6 is 0 Å². The minimum Gasteiger partial charge on any atom is -0.335 e. The van der Waals surface area contributed by atoms with E-state index in [0.29, 0.717) is 30.3 Å². The fourth-order valence-electron chi connectivity index (χ4n) is 3.90. The van der Waals surface area contributed by atoms with E-state index in [4.69, 9.17) is 0 Å². The minimum absolute atomic E-state index is 0.00326. The van der Waals surface area contributed by atoms with Gasteiger partial charge >= 0.3 is 6.03 Å². The molecular weight excluding hydrogens is 302 g/mol. The zero-order valence-corrected chi connectivity index (χ0v) is 15.5. The van der Waals surface area contributed by atoms with E-state index in [-0.39, 0.29) is 6.03 Å². The lowest BCUT2D eigenvalue weighted by Crippen LogP contribution is -2.48. The maximum Gasteiger partial charge on any atom is 0.317 e. The summed E-state index contributed by atoms with van der Waals surface area (Å²) in [6.45, 7) is 5.02. The molecule has 24 heavy (non-hydrogen) atoms. The first-order chi connectivity index (χ1) is 11.5. The number of carbonyl (C=O) groups excluding carboxylic acids is 1. The number of nitrogens with one attached hydrogen (secondary N) is 1. The van der Waals surface area contributed by atoms with Gasteiger partial charge in [0.25, 0.3) is 0 Å². The van der Waals surface area contributed by atoms with Gasteiger partial charge in [-0.15, -0.1) is 10.2 Å². The second-order valence-electron chi connectivity index (χ2n) is 7.91. The summed E-state index contributed by atoms with van der Waals surface area (Å²) in [6, 6.07) is 0.304. The maximum absolute atomic E-state index is 12.6. The molecule has 2 fully saturated rings. The van der Waals surface area contributed by atoms with Crippen molar-refractivity contribution in [3.63, 3.8) is 0 Å². The third kappa shape index (κ3) is 3.73. The maximum atomic E-state index is 12.6. The van der Waals surface area contributed by atoms with Crippen LogP contribution in [0, 0.1) is 11.8 Å². The molecule has 6 heteroatoms. The average Bonchev–Trinajstić information content (AvgIpc) is 3.33. The van der Waals surface area contributed by atoms with Crippen LogP contribution in [-0.2, 0) is 13.6 Å². The number of carbonyl (C=O) groups is 1. The summed E-state index contributed by atoms with van der Waals surface area (Å²) < 4.78 is 2.05. The van der Waals surface area contributed by atoms with E-state index in [9.17, 15) is 4.79 Å². The number of aromatic nitrogens is 3. The van der Waals surface area contributed by atoms with Crippen molar-refractivity contribution in [2.45, 2.75) is 70.9 Å². The Hall–Kier alpha value is -1.59. The predicted octanol–water partition coefficient (Wildman–Crippen LogP) is 3.05. The Kier molecular flexibility index (Phi) is 5.11. The molecule has 1 heterocycles. The topological polar surface area (TPSA) is 63.1 Å². The Labute approximate surface area is 145 Å². The minimum atomic E-state index is 0.00326. The zero-order chi connectivity index (χ0) is 17.3. The fourth-order valence-corrected chi connectivity index (χ4v) is 3.90. The van der Waals surface area contributed by atoms with Crippen LogP contribution in [0.4, 0.5) is 4.79 Å². The van der Waals surface area contributed by atoms with E-state index >= 15 is 0 Å². The van der Waals surface area contributed by atoms with E-state index in [0.717, 1.165) is 18.1 Å². The van der Waals surface area contributed by atoms with Gasteiger partial charge in [-0.05, 0) is 37.5 Å². The van der Waals surface area contributed by atoms with E-state index < -0.39 is 0 Å². The van der Waals surface area contributed by atoms with E-state index in [1.54, 1.807) is 4.90 Å². The van der Waals surface area contributed by atoms with Crippen molar-refractivity contribution in [2.24, 2.45) is 18.9 Å². The first kappa shape index (κ1) is 17.2. The summed E-state index contributed by atoms with van der Waals surface area (Å²) >= 11 is 0. The highest BCUT2D eigenvalue weighted by Gasteiger charge is 2.31. The summed E-state index contributed by atoms with van der Waals surface area (Å²) in [6.07, 6.45) is 7.24. The van der Waals surface area contributed by atoms with Gasteiger partial charge in [0.05, 0.1) is 6.54 Å². The van der Waals surface area contributed by atoms with Gasteiger partial charge in [-0.1, -0.05) is 26.7 Å². The van der Waals surface area contributed by atoms with Crippen molar-refractivity contribution < 1.29 is 4.79 Å². The first-order valence-electron chi connectivity index (χ1n) is 9.37. The molecule has 0 aromatic carbocycles. The fraction of sp³-hybridized carbons (Fsp3) is 0.833. The van der Waals surface area contributed by atoms with Gasteiger partial charge in [0.15, 0.2) is 5.82 Å². The molecule has 134 valence electrons. The number of amides is 2. The summed E-state index contributed by atoms with van der Waals surface area (Å²) in [5.74, 6) is 3.70. The molecule has 0 bridgehead atoms. The second-order valence-corrected chi connectivity index (χ2v) is 7.91. The lowest BCUT2D eigenvalue weighted by Gasteiger charge is -2.35. The van der Waals surface area contributed by atoms with Crippen molar-refractivity contribution in [2.75, 3.05) is 7.05 Å². The Balaban J connectivity index is 1.58. The van der Waals surface area contributed by atoms with E-state index in [1.165, 1.54) is 32.1 Å². The largest absolute Gasteiger partial charge is 0.335 e. The number of rotatable bonds is 5. The normalized spacial score (nSPS) is 24.2.